The lowest BCUT2D eigenvalue weighted by molar-refractivity contribution is -0.140. The van der Waals surface area contributed by atoms with Crippen LogP contribution in [0.1, 0.15) is 56.2 Å². The van der Waals surface area contributed by atoms with Crippen LogP contribution >= 0.6 is 0 Å². The number of rotatable bonds is 7. The van der Waals surface area contributed by atoms with Crippen molar-refractivity contribution in [2.24, 2.45) is 5.41 Å². The van der Waals surface area contributed by atoms with Crippen LogP contribution in [0, 0.1) is 5.41 Å². The van der Waals surface area contributed by atoms with Crippen LogP contribution < -0.4 is 10.1 Å². The lowest BCUT2D eigenvalue weighted by Gasteiger charge is -2.39. The van der Waals surface area contributed by atoms with Crippen LogP contribution in [0.5, 0.6) is 5.75 Å². The van der Waals surface area contributed by atoms with Crippen LogP contribution in [-0.2, 0) is 27.5 Å². The second kappa shape index (κ2) is 10.7. The van der Waals surface area contributed by atoms with E-state index in [1.54, 1.807) is 0 Å². The van der Waals surface area contributed by atoms with Gasteiger partial charge in [0, 0.05) is 29.3 Å². The van der Waals surface area contributed by atoms with Gasteiger partial charge in [-0.1, -0.05) is 86.6 Å². The zero-order valence-electron chi connectivity index (χ0n) is 22.1. The number of dihydropyridines is 1. The van der Waals surface area contributed by atoms with Crippen molar-refractivity contribution in [1.29, 1.82) is 0 Å². The summed E-state index contributed by atoms with van der Waals surface area (Å²) < 4.78 is 11.7. The second-order valence-electron chi connectivity index (χ2n) is 10.8. The van der Waals surface area contributed by atoms with Crippen LogP contribution in [-0.4, -0.2) is 11.8 Å². The van der Waals surface area contributed by atoms with Crippen molar-refractivity contribution >= 4 is 11.8 Å². The molecule has 2 aliphatic rings. The van der Waals surface area contributed by atoms with Gasteiger partial charge in [-0.25, -0.2) is 4.79 Å². The fourth-order valence-electron chi connectivity index (χ4n) is 5.34. The molecular formula is C33H33NO4. The first kappa shape index (κ1) is 25.5. The van der Waals surface area contributed by atoms with Crippen molar-refractivity contribution in [3.63, 3.8) is 0 Å². The molecule has 0 saturated carbocycles. The SMILES string of the molecule is CC1=C(C(=O)OCc2ccccc2)[C@@H](c2ccc(OCc3ccccc3)cc2)C2=C(CC(C)(C)CC2=O)N1. The number of carbonyl (C=O) groups excluding carboxylic acids is 2. The molecule has 0 spiro atoms. The van der Waals surface area contributed by atoms with Crippen LogP contribution in [0.4, 0.5) is 0 Å². The fraction of sp³-hybridized carbons (Fsp3) is 0.273. The van der Waals surface area contributed by atoms with Gasteiger partial charge in [0.05, 0.1) is 5.57 Å². The summed E-state index contributed by atoms with van der Waals surface area (Å²) in [6, 6.07) is 27.3. The van der Waals surface area contributed by atoms with Crippen LogP contribution in [0.25, 0.3) is 0 Å². The summed E-state index contributed by atoms with van der Waals surface area (Å²) in [5.74, 6) is -0.122. The van der Waals surface area contributed by atoms with Crippen molar-refractivity contribution in [3.8, 4) is 5.75 Å². The van der Waals surface area contributed by atoms with Crippen molar-refractivity contribution in [2.45, 2.75) is 52.7 Å². The van der Waals surface area contributed by atoms with Crippen LogP contribution in [0.3, 0.4) is 0 Å². The van der Waals surface area contributed by atoms with E-state index in [9.17, 15) is 9.59 Å². The molecule has 0 amide bonds. The number of Topliss-reactive ketones (excluding diaryl/α,β-unsaturated/α-hetero) is 1. The number of ether oxygens (including phenoxy) is 2. The summed E-state index contributed by atoms with van der Waals surface area (Å²) in [7, 11) is 0. The Morgan fingerprint density at radius 3 is 2.11 bits per heavy atom. The highest BCUT2D eigenvalue weighted by Gasteiger charge is 2.43. The number of esters is 1. The first-order chi connectivity index (χ1) is 18.3. The maximum absolute atomic E-state index is 13.5. The first-order valence-electron chi connectivity index (χ1n) is 13.0. The van der Waals surface area contributed by atoms with Gasteiger partial charge in [0.1, 0.15) is 19.0 Å². The standard InChI is InChI=1S/C33H33NO4/c1-22-29(32(36)38-21-24-12-8-5-9-13-24)30(31-27(34-22)18-33(2,3)19-28(31)35)25-14-16-26(17-15-25)37-20-23-10-6-4-7-11-23/h4-17,30,34H,18-21H2,1-3H3/t30-/m1/s1. The predicted octanol–water partition coefficient (Wildman–Crippen LogP) is 6.61. The Bertz CT molecular complexity index is 1390. The molecule has 1 atom stereocenters. The zero-order valence-corrected chi connectivity index (χ0v) is 22.1. The Hall–Kier alpha value is -4.12. The minimum atomic E-state index is -0.499. The minimum absolute atomic E-state index is 0.0685. The molecule has 0 radical (unpaired) electrons. The third-order valence-electron chi connectivity index (χ3n) is 7.13. The smallest absolute Gasteiger partial charge is 0.337 e. The minimum Gasteiger partial charge on any atom is -0.489 e. The van der Waals surface area contributed by atoms with Gasteiger partial charge in [-0.15, -0.1) is 0 Å². The lowest BCUT2D eigenvalue weighted by atomic mass is 9.68. The van der Waals surface area contributed by atoms with E-state index in [1.165, 1.54) is 0 Å². The lowest BCUT2D eigenvalue weighted by Crippen LogP contribution is -2.38. The number of hydrogen-bond donors (Lipinski definition) is 1. The Morgan fingerprint density at radius 1 is 0.868 bits per heavy atom. The monoisotopic (exact) mass is 507 g/mol. The van der Waals surface area contributed by atoms with Crippen molar-refractivity contribution in [3.05, 3.63) is 124 Å². The third kappa shape index (κ3) is 5.57. The van der Waals surface area contributed by atoms with E-state index in [-0.39, 0.29) is 17.8 Å². The van der Waals surface area contributed by atoms with Crippen molar-refractivity contribution < 1.29 is 19.1 Å². The average Bonchev–Trinajstić information content (AvgIpc) is 2.90. The number of ketones is 1. The summed E-state index contributed by atoms with van der Waals surface area (Å²) in [4.78, 5) is 27.0. The maximum Gasteiger partial charge on any atom is 0.337 e. The van der Waals surface area contributed by atoms with Gasteiger partial charge in [-0.05, 0) is 47.6 Å². The quantitative estimate of drug-likeness (QED) is 0.365. The summed E-state index contributed by atoms with van der Waals surface area (Å²) in [5.41, 5.74) is 5.49. The molecule has 5 rings (SSSR count). The highest BCUT2D eigenvalue weighted by atomic mass is 16.5. The Kier molecular flexibility index (Phi) is 7.19. The Labute approximate surface area is 224 Å². The third-order valence-corrected chi connectivity index (χ3v) is 7.13. The molecule has 0 bridgehead atoms. The highest BCUT2D eigenvalue weighted by molar-refractivity contribution is 6.04. The summed E-state index contributed by atoms with van der Waals surface area (Å²) in [6.45, 7) is 6.73. The Morgan fingerprint density at radius 2 is 1.47 bits per heavy atom. The van der Waals surface area contributed by atoms with Crippen molar-refractivity contribution in [1.82, 2.24) is 5.32 Å². The normalized spacial score (nSPS) is 18.5. The first-order valence-corrected chi connectivity index (χ1v) is 13.0. The van der Waals surface area contributed by atoms with Gasteiger partial charge < -0.3 is 14.8 Å². The van der Waals surface area contributed by atoms with Gasteiger partial charge in [0.15, 0.2) is 5.78 Å². The van der Waals surface area contributed by atoms with E-state index in [4.69, 9.17) is 9.47 Å². The molecule has 0 aromatic heterocycles. The number of allylic oxidation sites excluding steroid dienone is 3. The Balaban J connectivity index is 1.45. The van der Waals surface area contributed by atoms with Crippen LogP contribution in [0.2, 0.25) is 0 Å². The van der Waals surface area contributed by atoms with Gasteiger partial charge in [0.25, 0.3) is 0 Å². The zero-order chi connectivity index (χ0) is 26.7. The topological polar surface area (TPSA) is 64.6 Å². The molecule has 3 aromatic rings. The average molecular weight is 508 g/mol. The molecule has 1 heterocycles. The molecule has 1 aliphatic carbocycles. The maximum atomic E-state index is 13.5. The van der Waals surface area contributed by atoms with Crippen LogP contribution in [0.15, 0.2) is 107 Å². The van der Waals surface area contributed by atoms with E-state index in [1.807, 2.05) is 91.9 Å². The molecule has 38 heavy (non-hydrogen) atoms. The molecule has 0 saturated heterocycles. The number of hydrogen-bond acceptors (Lipinski definition) is 5. The van der Waals surface area contributed by atoms with E-state index in [0.717, 1.165) is 40.3 Å². The largest absolute Gasteiger partial charge is 0.489 e. The van der Waals surface area contributed by atoms with Gasteiger partial charge in [-0.2, -0.15) is 0 Å². The molecule has 1 aliphatic heterocycles. The number of benzene rings is 3. The predicted molar refractivity (Wildman–Crippen MR) is 147 cm³/mol. The summed E-state index contributed by atoms with van der Waals surface area (Å²) >= 11 is 0. The number of carbonyl (C=O) groups is 2. The molecule has 0 fully saturated rings. The number of nitrogens with one attached hydrogen (secondary N) is 1. The summed E-state index contributed by atoms with van der Waals surface area (Å²) in [6.07, 6.45) is 1.18. The van der Waals surface area contributed by atoms with Gasteiger partial charge in [0.2, 0.25) is 0 Å². The van der Waals surface area contributed by atoms with Gasteiger partial charge in [-0.3, -0.25) is 4.79 Å². The molecular weight excluding hydrogens is 474 g/mol. The van der Waals surface area contributed by atoms with E-state index >= 15 is 0 Å². The van der Waals surface area contributed by atoms with Crippen molar-refractivity contribution in [2.75, 3.05) is 0 Å². The molecule has 5 heteroatoms. The molecule has 194 valence electrons. The molecule has 3 aromatic carbocycles. The van der Waals surface area contributed by atoms with Gasteiger partial charge >= 0.3 is 5.97 Å². The molecule has 5 nitrogen and oxygen atoms in total. The fourth-order valence-corrected chi connectivity index (χ4v) is 5.34. The van der Waals surface area contributed by atoms with E-state index < -0.39 is 11.9 Å². The highest BCUT2D eigenvalue weighted by Crippen LogP contribution is 2.47. The molecule has 1 N–H and O–H groups in total. The second-order valence-corrected chi connectivity index (χ2v) is 10.8. The van der Waals surface area contributed by atoms with E-state index in [0.29, 0.717) is 24.2 Å². The molecule has 0 unspecified atom stereocenters. The van der Waals surface area contributed by atoms with E-state index in [2.05, 4.69) is 19.2 Å². The summed E-state index contributed by atoms with van der Waals surface area (Å²) in [5, 5.41) is 3.40.